The standard InChI is InChI=1S/C23H30ClNO/c1-14-7-5-8-16(20(14)24)21-17-9-6-12-26-22(17)18-13-15(23(2,3)4)10-11-19(18)25-21/h5,8,10-11,13-14,17,21-22,25H,6-7,9,12H2,1-4H3. The first-order valence-corrected chi connectivity index (χ1v) is 10.3. The first kappa shape index (κ1) is 18.1. The van der Waals surface area contributed by atoms with E-state index in [2.05, 4.69) is 63.4 Å². The van der Waals surface area contributed by atoms with Gasteiger partial charge in [0.25, 0.3) is 0 Å². The van der Waals surface area contributed by atoms with Gasteiger partial charge >= 0.3 is 0 Å². The van der Waals surface area contributed by atoms with E-state index in [0.29, 0.717) is 11.8 Å². The van der Waals surface area contributed by atoms with Crippen LogP contribution in [0, 0.1) is 11.8 Å². The molecule has 1 aromatic carbocycles. The Hall–Kier alpha value is -1.25. The molecule has 1 aromatic rings. The molecular formula is C23H30ClNO. The Labute approximate surface area is 162 Å². The second-order valence-electron chi connectivity index (χ2n) is 9.11. The maximum atomic E-state index is 6.76. The molecule has 2 nitrogen and oxygen atoms in total. The van der Waals surface area contributed by atoms with Crippen LogP contribution in [0.5, 0.6) is 0 Å². The van der Waals surface area contributed by atoms with Crippen LogP contribution in [-0.4, -0.2) is 12.6 Å². The number of hydrogen-bond acceptors (Lipinski definition) is 2. The van der Waals surface area contributed by atoms with E-state index in [4.69, 9.17) is 16.3 Å². The van der Waals surface area contributed by atoms with Crippen molar-refractivity contribution in [2.24, 2.45) is 11.8 Å². The van der Waals surface area contributed by atoms with Crippen molar-refractivity contribution in [2.75, 3.05) is 11.9 Å². The largest absolute Gasteiger partial charge is 0.377 e. The van der Waals surface area contributed by atoms with E-state index < -0.39 is 0 Å². The quantitative estimate of drug-likeness (QED) is 0.622. The molecule has 3 heteroatoms. The minimum absolute atomic E-state index is 0.142. The molecule has 0 aromatic heterocycles. The van der Waals surface area contributed by atoms with Crippen molar-refractivity contribution in [1.82, 2.24) is 0 Å². The highest BCUT2D eigenvalue weighted by Gasteiger charge is 2.41. The number of anilines is 1. The number of allylic oxidation sites excluding steroid dienone is 2. The molecule has 4 rings (SSSR count). The Bertz CT molecular complexity index is 758. The smallest absolute Gasteiger partial charge is 0.0895 e. The van der Waals surface area contributed by atoms with E-state index in [-0.39, 0.29) is 17.6 Å². The van der Waals surface area contributed by atoms with E-state index in [1.54, 1.807) is 0 Å². The summed E-state index contributed by atoms with van der Waals surface area (Å²) in [5, 5.41) is 4.84. The first-order chi connectivity index (χ1) is 12.4. The number of ether oxygens (including phenoxy) is 1. The van der Waals surface area contributed by atoms with Gasteiger partial charge in [-0.15, -0.1) is 0 Å². The molecule has 0 bridgehead atoms. The summed E-state index contributed by atoms with van der Waals surface area (Å²) < 4.78 is 6.33. The van der Waals surface area contributed by atoms with Gasteiger partial charge in [-0.2, -0.15) is 0 Å². The molecule has 1 fully saturated rings. The molecule has 0 spiro atoms. The van der Waals surface area contributed by atoms with Crippen LogP contribution in [0.15, 0.2) is 41.0 Å². The van der Waals surface area contributed by atoms with Crippen molar-refractivity contribution in [1.29, 1.82) is 0 Å². The summed E-state index contributed by atoms with van der Waals surface area (Å²) in [5.74, 6) is 0.844. The van der Waals surface area contributed by atoms with Crippen LogP contribution in [0.2, 0.25) is 0 Å². The number of nitrogens with one attached hydrogen (secondary N) is 1. The zero-order chi connectivity index (χ0) is 18.5. The van der Waals surface area contributed by atoms with Crippen molar-refractivity contribution in [3.63, 3.8) is 0 Å². The Morgan fingerprint density at radius 1 is 1.23 bits per heavy atom. The molecule has 4 unspecified atom stereocenters. The third kappa shape index (κ3) is 3.12. The summed E-state index contributed by atoms with van der Waals surface area (Å²) in [4.78, 5) is 0. The monoisotopic (exact) mass is 371 g/mol. The summed E-state index contributed by atoms with van der Waals surface area (Å²) in [6, 6.07) is 7.08. The fraction of sp³-hybridized carbons (Fsp3) is 0.565. The van der Waals surface area contributed by atoms with Crippen LogP contribution >= 0.6 is 11.6 Å². The van der Waals surface area contributed by atoms with E-state index in [9.17, 15) is 0 Å². The van der Waals surface area contributed by atoms with E-state index in [0.717, 1.165) is 24.5 Å². The van der Waals surface area contributed by atoms with Crippen molar-refractivity contribution in [3.8, 4) is 0 Å². The zero-order valence-electron chi connectivity index (χ0n) is 16.3. The molecular weight excluding hydrogens is 342 g/mol. The van der Waals surface area contributed by atoms with Crippen molar-refractivity contribution < 1.29 is 4.74 Å². The molecule has 140 valence electrons. The number of rotatable bonds is 1. The lowest BCUT2D eigenvalue weighted by Gasteiger charge is -2.45. The minimum Gasteiger partial charge on any atom is -0.377 e. The maximum absolute atomic E-state index is 6.76. The van der Waals surface area contributed by atoms with Gasteiger partial charge in [0, 0.05) is 28.8 Å². The molecule has 26 heavy (non-hydrogen) atoms. The highest BCUT2D eigenvalue weighted by Crippen LogP contribution is 2.48. The highest BCUT2D eigenvalue weighted by molar-refractivity contribution is 6.30. The second kappa shape index (κ2) is 6.73. The summed E-state index contributed by atoms with van der Waals surface area (Å²) in [6.07, 6.45) is 8.00. The lowest BCUT2D eigenvalue weighted by Crippen LogP contribution is -2.43. The summed E-state index contributed by atoms with van der Waals surface area (Å²) in [5.41, 5.74) is 5.30. The molecule has 3 aliphatic rings. The van der Waals surface area contributed by atoms with Gasteiger partial charge in [0.2, 0.25) is 0 Å². The fourth-order valence-corrected chi connectivity index (χ4v) is 4.83. The first-order valence-electron chi connectivity index (χ1n) is 9.95. The molecule has 1 N–H and O–H groups in total. The predicted molar refractivity (Wildman–Crippen MR) is 110 cm³/mol. The molecule has 0 amide bonds. The molecule has 0 saturated carbocycles. The van der Waals surface area contributed by atoms with Crippen molar-refractivity contribution in [2.45, 2.75) is 64.5 Å². The number of halogens is 1. The van der Waals surface area contributed by atoms with Gasteiger partial charge in [0.05, 0.1) is 12.1 Å². The number of benzene rings is 1. The van der Waals surface area contributed by atoms with Gasteiger partial charge in [-0.25, -0.2) is 0 Å². The van der Waals surface area contributed by atoms with Gasteiger partial charge in [-0.1, -0.05) is 63.6 Å². The lowest BCUT2D eigenvalue weighted by molar-refractivity contribution is -0.0340. The van der Waals surface area contributed by atoms with E-state index in [1.165, 1.54) is 28.8 Å². The number of hydrogen-bond donors (Lipinski definition) is 1. The maximum Gasteiger partial charge on any atom is 0.0895 e. The SMILES string of the molecule is CC1CC=CC(C2Nc3ccc(C(C)(C)C)cc3C3OCCCC23)=C1Cl. The predicted octanol–water partition coefficient (Wildman–Crippen LogP) is 6.33. The van der Waals surface area contributed by atoms with Crippen LogP contribution in [0.3, 0.4) is 0 Å². The minimum atomic E-state index is 0.142. The summed E-state index contributed by atoms with van der Waals surface area (Å²) >= 11 is 6.76. The highest BCUT2D eigenvalue weighted by atomic mass is 35.5. The third-order valence-electron chi connectivity index (χ3n) is 6.16. The summed E-state index contributed by atoms with van der Waals surface area (Å²) in [7, 11) is 0. The van der Waals surface area contributed by atoms with Gasteiger partial charge < -0.3 is 10.1 Å². The average Bonchev–Trinajstić information content (AvgIpc) is 2.62. The molecule has 1 aliphatic carbocycles. The van der Waals surface area contributed by atoms with Crippen LogP contribution in [0.1, 0.15) is 64.2 Å². The molecule has 2 aliphatic heterocycles. The van der Waals surface area contributed by atoms with Crippen LogP contribution in [-0.2, 0) is 10.2 Å². The molecule has 2 heterocycles. The van der Waals surface area contributed by atoms with Gasteiger partial charge in [0.15, 0.2) is 0 Å². The van der Waals surface area contributed by atoms with Crippen molar-refractivity contribution >= 4 is 17.3 Å². The van der Waals surface area contributed by atoms with Gasteiger partial charge in [-0.3, -0.25) is 0 Å². The Morgan fingerprint density at radius 3 is 2.81 bits per heavy atom. The van der Waals surface area contributed by atoms with Crippen LogP contribution in [0.4, 0.5) is 5.69 Å². The zero-order valence-corrected chi connectivity index (χ0v) is 17.1. The molecule has 1 saturated heterocycles. The summed E-state index contributed by atoms with van der Waals surface area (Å²) in [6.45, 7) is 9.88. The molecule has 0 radical (unpaired) electrons. The lowest BCUT2D eigenvalue weighted by atomic mass is 9.74. The average molecular weight is 372 g/mol. The van der Waals surface area contributed by atoms with E-state index in [1.807, 2.05) is 0 Å². The molecule has 4 atom stereocenters. The van der Waals surface area contributed by atoms with Crippen LogP contribution in [0.25, 0.3) is 0 Å². The normalized spacial score (nSPS) is 31.3. The third-order valence-corrected chi connectivity index (χ3v) is 6.75. The van der Waals surface area contributed by atoms with Gasteiger partial charge in [0.1, 0.15) is 0 Å². The Kier molecular flexibility index (Phi) is 4.69. The number of fused-ring (bicyclic) bond motifs is 3. The Morgan fingerprint density at radius 2 is 2.04 bits per heavy atom. The second-order valence-corrected chi connectivity index (χ2v) is 9.52. The Balaban J connectivity index is 1.77. The van der Waals surface area contributed by atoms with Crippen LogP contribution < -0.4 is 5.32 Å². The topological polar surface area (TPSA) is 21.3 Å². The van der Waals surface area contributed by atoms with Gasteiger partial charge in [-0.05, 0) is 47.8 Å². The fourth-order valence-electron chi connectivity index (χ4n) is 4.56. The van der Waals surface area contributed by atoms with Crippen molar-refractivity contribution in [3.05, 3.63) is 52.1 Å². The van der Waals surface area contributed by atoms with E-state index >= 15 is 0 Å².